The maximum atomic E-state index is 13.2. The third-order valence-corrected chi connectivity index (χ3v) is 10.7. The van der Waals surface area contributed by atoms with Gasteiger partial charge in [-0.3, -0.25) is 0 Å². The predicted octanol–water partition coefficient (Wildman–Crippen LogP) is 4.91. The van der Waals surface area contributed by atoms with E-state index in [-0.39, 0.29) is 36.1 Å². The fourth-order valence-corrected chi connectivity index (χ4v) is 7.91. The van der Waals surface area contributed by atoms with Gasteiger partial charge in [-0.05, 0) is 69.6 Å². The van der Waals surface area contributed by atoms with Gasteiger partial charge in [-0.15, -0.1) is 0 Å². The van der Waals surface area contributed by atoms with Gasteiger partial charge in [-0.2, -0.15) is 27.4 Å². The van der Waals surface area contributed by atoms with Gasteiger partial charge in [0.05, 0.1) is 16.8 Å². The van der Waals surface area contributed by atoms with Crippen molar-refractivity contribution >= 4 is 33.0 Å². The van der Waals surface area contributed by atoms with E-state index in [0.717, 1.165) is 56.3 Å². The summed E-state index contributed by atoms with van der Waals surface area (Å²) in [5.41, 5.74) is 6.57. The second-order valence-electron chi connectivity index (χ2n) is 11.8. The molecule has 2 aromatic heterocycles. The fraction of sp³-hybridized carbons (Fsp3) is 0.607. The van der Waals surface area contributed by atoms with E-state index in [9.17, 15) is 21.6 Å². The Labute approximate surface area is 243 Å². The van der Waals surface area contributed by atoms with Gasteiger partial charge in [-0.25, -0.2) is 13.4 Å². The molecule has 1 aromatic carbocycles. The summed E-state index contributed by atoms with van der Waals surface area (Å²) in [5, 5.41) is 7.01. The molecule has 0 radical (unpaired) electrons. The minimum atomic E-state index is -4.62. The number of nitrogens with one attached hydrogen (secondary N) is 2. The first-order valence-electron chi connectivity index (χ1n) is 14.8. The minimum Gasteiger partial charge on any atom is -0.365 e. The molecule has 0 bridgehead atoms. The Morgan fingerprint density at radius 1 is 0.905 bits per heavy atom. The Morgan fingerprint density at radius 3 is 2.29 bits per heavy atom. The number of nitrogens with two attached hydrogens (primary N) is 1. The topological polar surface area (TPSA) is 131 Å². The van der Waals surface area contributed by atoms with E-state index in [0.29, 0.717) is 42.2 Å². The molecule has 3 fully saturated rings. The summed E-state index contributed by atoms with van der Waals surface area (Å²) in [6.07, 6.45) is 6.49. The number of piperidine rings is 1. The van der Waals surface area contributed by atoms with Gasteiger partial charge >= 0.3 is 6.18 Å². The molecule has 14 heteroatoms. The van der Waals surface area contributed by atoms with Crippen LogP contribution in [0.25, 0.3) is 11.2 Å². The highest BCUT2D eigenvalue weighted by molar-refractivity contribution is 7.89. The Morgan fingerprint density at radius 2 is 1.60 bits per heavy atom. The van der Waals surface area contributed by atoms with Crippen molar-refractivity contribution in [2.45, 2.75) is 99.4 Å². The number of sulfonamides is 1. The lowest BCUT2D eigenvalue weighted by Crippen LogP contribution is -2.42. The number of halogens is 3. The average Bonchev–Trinajstić information content (AvgIpc) is 3.65. The van der Waals surface area contributed by atoms with Crippen LogP contribution in [0.5, 0.6) is 0 Å². The molecule has 0 spiro atoms. The summed E-state index contributed by atoms with van der Waals surface area (Å²) in [5.74, 6) is 1.14. The SMILES string of the molecule is N[C@H]1CC[C@H](Nc2nc(NC3CCN(S(=O)(=O)c4cccc(C(F)(F)F)c4)CC3)c3ncn(C4CCCC4)c3n2)CC1. The molecule has 0 unspecified atom stereocenters. The molecule has 1 saturated heterocycles. The zero-order chi connectivity index (χ0) is 29.5. The molecule has 4 N–H and O–H groups in total. The van der Waals surface area contributed by atoms with Crippen LogP contribution >= 0.6 is 0 Å². The molecule has 6 rings (SSSR count). The van der Waals surface area contributed by atoms with Crippen molar-refractivity contribution in [3.63, 3.8) is 0 Å². The first kappa shape index (κ1) is 29.1. The normalized spacial score (nSPS) is 23.4. The van der Waals surface area contributed by atoms with Gasteiger partial charge in [0, 0.05) is 37.3 Å². The number of aromatic nitrogens is 4. The predicted molar refractivity (Wildman–Crippen MR) is 154 cm³/mol. The second-order valence-corrected chi connectivity index (χ2v) is 13.7. The molecule has 3 aromatic rings. The average molecular weight is 607 g/mol. The molecule has 1 aliphatic heterocycles. The summed E-state index contributed by atoms with van der Waals surface area (Å²) >= 11 is 0. The maximum absolute atomic E-state index is 13.2. The van der Waals surface area contributed by atoms with Crippen molar-refractivity contribution in [3.05, 3.63) is 36.2 Å². The highest BCUT2D eigenvalue weighted by atomic mass is 32.2. The van der Waals surface area contributed by atoms with Gasteiger partial charge < -0.3 is 20.9 Å². The first-order chi connectivity index (χ1) is 20.1. The Balaban J connectivity index is 1.20. The van der Waals surface area contributed by atoms with Crippen molar-refractivity contribution in [2.75, 3.05) is 23.7 Å². The van der Waals surface area contributed by atoms with Crippen LogP contribution in [0, 0.1) is 0 Å². The van der Waals surface area contributed by atoms with Crippen LogP contribution in [0.1, 0.15) is 75.8 Å². The first-order valence-corrected chi connectivity index (χ1v) is 16.2. The van der Waals surface area contributed by atoms with Crippen molar-refractivity contribution in [1.29, 1.82) is 0 Å². The second kappa shape index (κ2) is 11.6. The van der Waals surface area contributed by atoms with E-state index in [1.54, 1.807) is 0 Å². The standard InChI is InChI=1S/C28H37F3N8O2S/c29-28(30,31)18-4-3-7-23(16-18)42(40,41)38-14-12-21(13-15-38)34-25-24-26(39(17-33-24)22-5-1-2-6-22)37-27(36-25)35-20-10-8-19(32)9-11-20/h3-4,7,16-17,19-22H,1-2,5-6,8-15,32H2,(H2,34,35,36,37)/t19-,20-. The van der Waals surface area contributed by atoms with Crippen LogP contribution in [0.2, 0.25) is 0 Å². The third kappa shape index (κ3) is 6.06. The van der Waals surface area contributed by atoms with Crippen LogP contribution in [-0.4, -0.2) is 63.5 Å². The number of benzene rings is 1. The number of hydrogen-bond acceptors (Lipinski definition) is 8. The zero-order valence-corrected chi connectivity index (χ0v) is 24.2. The molecule has 0 atom stereocenters. The van der Waals surface area contributed by atoms with Crippen LogP contribution in [-0.2, 0) is 16.2 Å². The highest BCUT2D eigenvalue weighted by Crippen LogP contribution is 2.35. The quantitative estimate of drug-likeness (QED) is 0.346. The van der Waals surface area contributed by atoms with Crippen molar-refractivity contribution < 1.29 is 21.6 Å². The van der Waals surface area contributed by atoms with Gasteiger partial charge in [0.15, 0.2) is 17.0 Å². The molecule has 10 nitrogen and oxygen atoms in total. The zero-order valence-electron chi connectivity index (χ0n) is 23.4. The molecule has 0 amide bonds. The summed E-state index contributed by atoms with van der Waals surface area (Å²) < 4.78 is 69.3. The van der Waals surface area contributed by atoms with E-state index >= 15 is 0 Å². The van der Waals surface area contributed by atoms with Crippen LogP contribution in [0.15, 0.2) is 35.5 Å². The number of rotatable bonds is 7. The molecular formula is C28H37F3N8O2S. The number of nitrogens with zero attached hydrogens (tertiary/aromatic N) is 5. The van der Waals surface area contributed by atoms with Crippen molar-refractivity contribution in [3.8, 4) is 0 Å². The van der Waals surface area contributed by atoms with E-state index in [1.165, 1.54) is 23.2 Å². The van der Waals surface area contributed by atoms with Gasteiger partial charge in [-0.1, -0.05) is 18.9 Å². The van der Waals surface area contributed by atoms with Crippen LogP contribution in [0.3, 0.4) is 0 Å². The Hall–Kier alpha value is -2.97. The van der Waals surface area contributed by atoms with E-state index in [4.69, 9.17) is 15.7 Å². The summed E-state index contributed by atoms with van der Waals surface area (Å²) in [7, 11) is -4.06. The van der Waals surface area contributed by atoms with E-state index in [2.05, 4.69) is 20.2 Å². The largest absolute Gasteiger partial charge is 0.416 e. The minimum absolute atomic E-state index is 0.0896. The van der Waals surface area contributed by atoms with E-state index in [1.807, 2.05) is 6.33 Å². The molecule has 3 heterocycles. The smallest absolute Gasteiger partial charge is 0.365 e. The molecular weight excluding hydrogens is 569 g/mol. The van der Waals surface area contributed by atoms with Gasteiger partial charge in [0.25, 0.3) is 0 Å². The molecule has 2 aliphatic carbocycles. The summed E-state index contributed by atoms with van der Waals surface area (Å²) in [6.45, 7) is 0.350. The lowest BCUT2D eigenvalue weighted by molar-refractivity contribution is -0.137. The lowest BCUT2D eigenvalue weighted by atomic mass is 9.92. The monoisotopic (exact) mass is 606 g/mol. The van der Waals surface area contributed by atoms with Gasteiger partial charge in [0.2, 0.25) is 16.0 Å². The number of imidazole rings is 1. The molecule has 3 aliphatic rings. The number of fused-ring (bicyclic) bond motifs is 1. The molecule has 2 saturated carbocycles. The number of alkyl halides is 3. The maximum Gasteiger partial charge on any atom is 0.416 e. The summed E-state index contributed by atoms with van der Waals surface area (Å²) in [6, 6.07) is 4.64. The fourth-order valence-electron chi connectivity index (χ4n) is 6.39. The number of hydrogen-bond donors (Lipinski definition) is 3. The number of anilines is 2. The van der Waals surface area contributed by atoms with Gasteiger partial charge in [0.1, 0.15) is 0 Å². The van der Waals surface area contributed by atoms with Crippen molar-refractivity contribution in [1.82, 2.24) is 23.8 Å². The molecule has 42 heavy (non-hydrogen) atoms. The Bertz CT molecular complexity index is 1510. The highest BCUT2D eigenvalue weighted by Gasteiger charge is 2.34. The van der Waals surface area contributed by atoms with Crippen molar-refractivity contribution in [2.24, 2.45) is 5.73 Å². The third-order valence-electron chi connectivity index (χ3n) is 8.84. The lowest BCUT2D eigenvalue weighted by Gasteiger charge is -2.32. The summed E-state index contributed by atoms with van der Waals surface area (Å²) in [4.78, 5) is 14.0. The van der Waals surface area contributed by atoms with Crippen LogP contribution < -0.4 is 16.4 Å². The molecule has 228 valence electrons. The van der Waals surface area contributed by atoms with Crippen LogP contribution in [0.4, 0.5) is 24.9 Å². The van der Waals surface area contributed by atoms with E-state index < -0.39 is 21.8 Å². The Kier molecular flexibility index (Phi) is 8.05.